The van der Waals surface area contributed by atoms with Gasteiger partial charge in [0.2, 0.25) is 0 Å². The summed E-state index contributed by atoms with van der Waals surface area (Å²) < 4.78 is 5.03. The number of nitro groups is 1. The minimum absolute atomic E-state index is 0.0871. The normalized spacial score (nSPS) is 14.2. The Hall–Kier alpha value is -3.23. The van der Waals surface area contributed by atoms with Gasteiger partial charge in [0, 0.05) is 37.9 Å². The Labute approximate surface area is 181 Å². The van der Waals surface area contributed by atoms with E-state index >= 15 is 0 Å². The van der Waals surface area contributed by atoms with Crippen molar-refractivity contribution < 1.29 is 19.6 Å². The highest BCUT2D eigenvalue weighted by molar-refractivity contribution is 5.93. The third kappa shape index (κ3) is 5.28. The summed E-state index contributed by atoms with van der Waals surface area (Å²) in [7, 11) is 1.47. The maximum atomic E-state index is 11.9. The molecule has 1 aliphatic heterocycles. The van der Waals surface area contributed by atoms with Crippen molar-refractivity contribution in [1.29, 1.82) is 0 Å². The number of nitrogens with one attached hydrogen (secondary N) is 1. The van der Waals surface area contributed by atoms with E-state index in [2.05, 4.69) is 23.2 Å². The lowest BCUT2D eigenvalue weighted by Gasteiger charge is -2.25. The first kappa shape index (κ1) is 22.5. The van der Waals surface area contributed by atoms with E-state index in [1.807, 2.05) is 24.3 Å². The number of carboxylic acid groups (broad SMARTS) is 1. The first-order chi connectivity index (χ1) is 14.9. The molecule has 1 aliphatic rings. The maximum Gasteiger partial charge on any atom is 0.336 e. The summed E-state index contributed by atoms with van der Waals surface area (Å²) in [6.45, 7) is 5.27. The zero-order valence-electron chi connectivity index (χ0n) is 17.8. The molecule has 3 rings (SSSR count). The number of hydrogen-bond donors (Lipinski definition) is 2. The van der Waals surface area contributed by atoms with E-state index < -0.39 is 10.9 Å². The van der Waals surface area contributed by atoms with E-state index in [0.717, 1.165) is 31.6 Å². The summed E-state index contributed by atoms with van der Waals surface area (Å²) in [5.74, 6) is -1.20. The average Bonchev–Trinajstić information content (AvgIpc) is 2.77. The molecule has 0 bridgehead atoms. The van der Waals surface area contributed by atoms with Gasteiger partial charge < -0.3 is 15.2 Å². The number of aromatic carboxylic acids is 1. The van der Waals surface area contributed by atoms with Crippen LogP contribution in [0.3, 0.4) is 0 Å². The molecule has 0 amide bonds. The number of anilines is 2. The van der Waals surface area contributed by atoms with Crippen LogP contribution in [0, 0.1) is 10.1 Å². The minimum Gasteiger partial charge on any atom is -0.478 e. The first-order valence-electron chi connectivity index (χ1n) is 10.3. The lowest BCUT2D eigenvalue weighted by molar-refractivity contribution is -0.384. The van der Waals surface area contributed by atoms with Crippen LogP contribution in [0.5, 0.6) is 0 Å². The molecule has 0 saturated carbocycles. The highest BCUT2D eigenvalue weighted by Gasteiger charge is 2.26. The number of ether oxygens (including phenoxy) is 1. The summed E-state index contributed by atoms with van der Waals surface area (Å²) in [6, 6.07) is 10.6. The fraction of sp³-hybridized carbons (Fsp3) is 0.348. The number of carboxylic acids is 1. The van der Waals surface area contributed by atoms with Crippen LogP contribution in [-0.2, 0) is 11.2 Å². The van der Waals surface area contributed by atoms with Gasteiger partial charge in [-0.05, 0) is 48.4 Å². The Morgan fingerprint density at radius 1 is 1.32 bits per heavy atom. The molecular weight excluding hydrogens is 398 g/mol. The Balaban J connectivity index is 1.95. The van der Waals surface area contributed by atoms with Crippen LogP contribution in [-0.4, -0.2) is 54.3 Å². The van der Waals surface area contributed by atoms with Gasteiger partial charge in [-0.1, -0.05) is 25.1 Å². The van der Waals surface area contributed by atoms with Crippen LogP contribution in [0.15, 0.2) is 42.5 Å². The summed E-state index contributed by atoms with van der Waals surface area (Å²) in [5, 5.41) is 24.5. The Morgan fingerprint density at radius 2 is 2.13 bits per heavy atom. The van der Waals surface area contributed by atoms with Crippen LogP contribution in [0.2, 0.25) is 0 Å². The van der Waals surface area contributed by atoms with Crippen LogP contribution in [0.4, 0.5) is 17.1 Å². The van der Waals surface area contributed by atoms with E-state index in [1.54, 1.807) is 0 Å². The number of nitrogens with zero attached hydrogens (tertiary/aromatic N) is 2. The van der Waals surface area contributed by atoms with Crippen molar-refractivity contribution in [2.45, 2.75) is 19.8 Å². The maximum absolute atomic E-state index is 11.9. The molecule has 2 N–H and O–H groups in total. The fourth-order valence-electron chi connectivity index (χ4n) is 3.82. The average molecular weight is 425 g/mol. The third-order valence-corrected chi connectivity index (χ3v) is 5.50. The largest absolute Gasteiger partial charge is 0.478 e. The third-order valence-electron chi connectivity index (χ3n) is 5.50. The molecule has 164 valence electrons. The van der Waals surface area contributed by atoms with Crippen molar-refractivity contribution in [1.82, 2.24) is 4.90 Å². The zero-order chi connectivity index (χ0) is 22.4. The molecule has 0 unspecified atom stereocenters. The predicted molar refractivity (Wildman–Crippen MR) is 120 cm³/mol. The fourth-order valence-corrected chi connectivity index (χ4v) is 3.82. The van der Waals surface area contributed by atoms with Gasteiger partial charge in [-0.25, -0.2) is 4.79 Å². The van der Waals surface area contributed by atoms with Gasteiger partial charge in [0.05, 0.1) is 17.1 Å². The quantitative estimate of drug-likeness (QED) is 0.455. The van der Waals surface area contributed by atoms with Gasteiger partial charge in [-0.3, -0.25) is 15.0 Å². The van der Waals surface area contributed by atoms with E-state index in [1.165, 1.54) is 24.8 Å². The molecule has 8 nitrogen and oxygen atoms in total. The Morgan fingerprint density at radius 3 is 2.74 bits per heavy atom. The second-order valence-corrected chi connectivity index (χ2v) is 7.37. The first-order valence-corrected chi connectivity index (χ1v) is 10.3. The molecule has 2 aromatic carbocycles. The number of carbonyl (C=O) groups is 1. The molecule has 31 heavy (non-hydrogen) atoms. The van der Waals surface area contributed by atoms with E-state index in [-0.39, 0.29) is 35.5 Å². The van der Waals surface area contributed by atoms with E-state index in [0.29, 0.717) is 5.69 Å². The van der Waals surface area contributed by atoms with E-state index in [9.17, 15) is 20.0 Å². The standard InChI is InChI=1S/C23H27N3O5/c1-3-25-12-9-16(10-13-25)17-5-4-6-18(15-17)24-21-8-7-20(23(27)28)19(11-14-31-2)22(21)26(29)30/h4-9,15,24H,3,10-14H2,1-2H3,(H,27,28). The number of likely N-dealkylation sites (N-methyl/N-ethyl adjacent to an activating group) is 1. The molecule has 2 aromatic rings. The zero-order valence-corrected chi connectivity index (χ0v) is 17.8. The topological polar surface area (TPSA) is 105 Å². The Kier molecular flexibility index (Phi) is 7.38. The molecule has 0 saturated heterocycles. The summed E-state index contributed by atoms with van der Waals surface area (Å²) in [4.78, 5) is 25.3. The molecule has 0 aliphatic carbocycles. The molecule has 0 spiro atoms. The van der Waals surface area contributed by atoms with Gasteiger partial charge in [-0.15, -0.1) is 0 Å². The molecule has 0 atom stereocenters. The van der Waals surface area contributed by atoms with Crippen LogP contribution < -0.4 is 5.32 Å². The highest BCUT2D eigenvalue weighted by Crippen LogP contribution is 2.35. The smallest absolute Gasteiger partial charge is 0.336 e. The van der Waals surface area contributed by atoms with Crippen LogP contribution in [0.25, 0.3) is 5.57 Å². The molecule has 0 aromatic heterocycles. The van der Waals surface area contributed by atoms with Gasteiger partial charge in [0.25, 0.3) is 5.69 Å². The van der Waals surface area contributed by atoms with Crippen LogP contribution in [0.1, 0.15) is 34.8 Å². The van der Waals surface area contributed by atoms with Crippen molar-refractivity contribution in [3.05, 3.63) is 69.3 Å². The van der Waals surface area contributed by atoms with Gasteiger partial charge in [0.1, 0.15) is 5.69 Å². The molecule has 1 heterocycles. The Bertz CT molecular complexity index is 1000. The summed E-state index contributed by atoms with van der Waals surface area (Å²) in [5.41, 5.74) is 3.12. The number of rotatable bonds is 9. The van der Waals surface area contributed by atoms with Crippen molar-refractivity contribution in [3.8, 4) is 0 Å². The molecule has 0 fully saturated rings. The number of nitro benzene ring substituents is 1. The number of hydrogen-bond acceptors (Lipinski definition) is 6. The SMILES string of the molecule is CCN1CC=C(c2cccc(Nc3ccc(C(=O)O)c(CCOC)c3[N+](=O)[O-])c2)CC1. The van der Waals surface area contributed by atoms with E-state index in [4.69, 9.17) is 4.74 Å². The second kappa shape index (κ2) is 10.2. The number of methoxy groups -OCH3 is 1. The van der Waals surface area contributed by atoms with Crippen LogP contribution >= 0.6 is 0 Å². The van der Waals surface area contributed by atoms with Crippen molar-refractivity contribution in [2.75, 3.05) is 38.7 Å². The minimum atomic E-state index is -1.20. The monoisotopic (exact) mass is 425 g/mol. The van der Waals surface area contributed by atoms with Gasteiger partial charge in [-0.2, -0.15) is 0 Å². The van der Waals surface area contributed by atoms with Crippen molar-refractivity contribution >= 4 is 28.6 Å². The molecule has 0 radical (unpaired) electrons. The molecular formula is C23H27N3O5. The number of benzene rings is 2. The second-order valence-electron chi connectivity index (χ2n) is 7.37. The summed E-state index contributed by atoms with van der Waals surface area (Å²) in [6.07, 6.45) is 3.30. The van der Waals surface area contributed by atoms with Crippen molar-refractivity contribution in [3.63, 3.8) is 0 Å². The predicted octanol–water partition coefficient (Wildman–Crippen LogP) is 4.33. The van der Waals surface area contributed by atoms with Gasteiger partial charge in [0.15, 0.2) is 0 Å². The lowest BCUT2D eigenvalue weighted by atomic mass is 9.98. The molecule has 8 heteroatoms. The summed E-state index contributed by atoms with van der Waals surface area (Å²) >= 11 is 0. The van der Waals surface area contributed by atoms with Gasteiger partial charge >= 0.3 is 5.97 Å². The lowest BCUT2D eigenvalue weighted by Crippen LogP contribution is -2.27. The van der Waals surface area contributed by atoms with Crippen molar-refractivity contribution in [2.24, 2.45) is 0 Å². The highest BCUT2D eigenvalue weighted by atomic mass is 16.6.